The van der Waals surface area contributed by atoms with Gasteiger partial charge in [0.15, 0.2) is 0 Å². The van der Waals surface area contributed by atoms with E-state index in [9.17, 15) is 5.11 Å². The van der Waals surface area contributed by atoms with Crippen LogP contribution in [0.25, 0.3) is 0 Å². The van der Waals surface area contributed by atoms with Crippen molar-refractivity contribution >= 4 is 0 Å². The van der Waals surface area contributed by atoms with E-state index in [4.69, 9.17) is 4.74 Å². The van der Waals surface area contributed by atoms with Crippen LogP contribution in [0, 0.1) is 13.8 Å². The van der Waals surface area contributed by atoms with Crippen LogP contribution in [-0.4, -0.2) is 30.4 Å². The fraction of sp³-hybridized carbons (Fsp3) is 0.600. The summed E-state index contributed by atoms with van der Waals surface area (Å²) in [4.78, 5) is 0. The smallest absolute Gasteiger partial charge is 0.122 e. The predicted molar refractivity (Wildman–Crippen MR) is 75.2 cm³/mol. The van der Waals surface area contributed by atoms with Crippen LogP contribution in [-0.2, 0) is 0 Å². The fourth-order valence-corrected chi connectivity index (χ4v) is 1.68. The molecule has 1 aromatic rings. The molecule has 0 saturated heterocycles. The van der Waals surface area contributed by atoms with Gasteiger partial charge in [-0.1, -0.05) is 19.1 Å². The van der Waals surface area contributed by atoms with E-state index in [2.05, 4.69) is 18.3 Å². The summed E-state index contributed by atoms with van der Waals surface area (Å²) < 4.78 is 5.72. The van der Waals surface area contributed by atoms with Crippen LogP contribution in [0.15, 0.2) is 18.2 Å². The average Bonchev–Trinajstić information content (AvgIpc) is 2.31. The van der Waals surface area contributed by atoms with Crippen molar-refractivity contribution < 1.29 is 9.84 Å². The molecule has 1 aromatic carbocycles. The minimum atomic E-state index is -0.842. The standard InChI is InChI=1S/C15H25NO2/c1-5-8-16-10-15(4,17)11-18-14-9-12(2)6-7-13(14)3/h6-7,9,16-17H,5,8,10-11H2,1-4H3. The number of benzene rings is 1. The molecule has 1 atom stereocenters. The summed E-state index contributed by atoms with van der Waals surface area (Å²) in [6, 6.07) is 6.10. The van der Waals surface area contributed by atoms with E-state index < -0.39 is 5.60 Å². The van der Waals surface area contributed by atoms with Gasteiger partial charge in [-0.05, 0) is 50.9 Å². The molecule has 2 N–H and O–H groups in total. The number of hydrogen-bond acceptors (Lipinski definition) is 3. The number of ether oxygens (including phenoxy) is 1. The van der Waals surface area contributed by atoms with E-state index in [0.717, 1.165) is 24.3 Å². The molecule has 0 heterocycles. The van der Waals surface area contributed by atoms with E-state index in [-0.39, 0.29) is 0 Å². The van der Waals surface area contributed by atoms with E-state index >= 15 is 0 Å². The summed E-state index contributed by atoms with van der Waals surface area (Å²) in [5, 5.41) is 13.4. The molecule has 0 aromatic heterocycles. The highest BCUT2D eigenvalue weighted by Crippen LogP contribution is 2.20. The summed E-state index contributed by atoms with van der Waals surface area (Å²) in [7, 11) is 0. The van der Waals surface area contributed by atoms with E-state index in [1.807, 2.05) is 26.0 Å². The summed E-state index contributed by atoms with van der Waals surface area (Å²) >= 11 is 0. The molecule has 3 heteroatoms. The van der Waals surface area contributed by atoms with Gasteiger partial charge in [-0.3, -0.25) is 0 Å². The molecule has 3 nitrogen and oxygen atoms in total. The van der Waals surface area contributed by atoms with E-state index in [1.54, 1.807) is 6.92 Å². The topological polar surface area (TPSA) is 41.5 Å². The molecule has 0 spiro atoms. The van der Waals surface area contributed by atoms with Gasteiger partial charge in [-0.15, -0.1) is 0 Å². The highest BCUT2D eigenvalue weighted by atomic mass is 16.5. The van der Waals surface area contributed by atoms with Crippen LogP contribution in [0.1, 0.15) is 31.4 Å². The lowest BCUT2D eigenvalue weighted by molar-refractivity contribution is 0.0123. The number of rotatable bonds is 7. The molecular weight excluding hydrogens is 226 g/mol. The summed E-state index contributed by atoms with van der Waals surface area (Å²) in [5.41, 5.74) is 1.42. The van der Waals surface area contributed by atoms with Gasteiger partial charge < -0.3 is 15.2 Å². The number of nitrogens with one attached hydrogen (secondary N) is 1. The van der Waals surface area contributed by atoms with Crippen molar-refractivity contribution in [3.8, 4) is 5.75 Å². The van der Waals surface area contributed by atoms with Gasteiger partial charge >= 0.3 is 0 Å². The second-order valence-corrected chi connectivity index (χ2v) is 5.23. The minimum Gasteiger partial charge on any atom is -0.490 e. The van der Waals surface area contributed by atoms with Crippen LogP contribution in [0.2, 0.25) is 0 Å². The average molecular weight is 251 g/mol. The van der Waals surface area contributed by atoms with Gasteiger partial charge in [0.1, 0.15) is 18.0 Å². The van der Waals surface area contributed by atoms with Gasteiger partial charge in [0.05, 0.1) is 0 Å². The number of hydrogen-bond donors (Lipinski definition) is 2. The maximum Gasteiger partial charge on any atom is 0.122 e. The Balaban J connectivity index is 2.50. The first-order valence-electron chi connectivity index (χ1n) is 6.58. The Morgan fingerprint density at radius 1 is 1.33 bits per heavy atom. The molecule has 0 amide bonds. The van der Waals surface area contributed by atoms with Crippen molar-refractivity contribution in [3.63, 3.8) is 0 Å². The van der Waals surface area contributed by atoms with E-state index in [0.29, 0.717) is 13.2 Å². The molecule has 102 valence electrons. The highest BCUT2D eigenvalue weighted by Gasteiger charge is 2.21. The molecular formula is C15H25NO2. The Morgan fingerprint density at radius 3 is 2.72 bits per heavy atom. The van der Waals surface area contributed by atoms with Crippen molar-refractivity contribution in [1.82, 2.24) is 5.32 Å². The van der Waals surface area contributed by atoms with Gasteiger partial charge in [0.25, 0.3) is 0 Å². The molecule has 0 aliphatic carbocycles. The lowest BCUT2D eigenvalue weighted by Crippen LogP contribution is -2.43. The monoisotopic (exact) mass is 251 g/mol. The van der Waals surface area contributed by atoms with Crippen LogP contribution in [0.3, 0.4) is 0 Å². The van der Waals surface area contributed by atoms with Gasteiger partial charge in [0, 0.05) is 6.54 Å². The quantitative estimate of drug-likeness (QED) is 0.731. The maximum atomic E-state index is 10.2. The maximum absolute atomic E-state index is 10.2. The zero-order valence-electron chi connectivity index (χ0n) is 11.9. The van der Waals surface area contributed by atoms with Crippen LogP contribution < -0.4 is 10.1 Å². The molecule has 0 bridgehead atoms. The minimum absolute atomic E-state index is 0.300. The Labute approximate surface area is 110 Å². The third-order valence-electron chi connectivity index (χ3n) is 2.81. The molecule has 0 fully saturated rings. The molecule has 1 rings (SSSR count). The largest absolute Gasteiger partial charge is 0.490 e. The Bertz CT molecular complexity index is 375. The van der Waals surface area contributed by atoms with Crippen molar-refractivity contribution in [2.24, 2.45) is 0 Å². The predicted octanol–water partition coefficient (Wildman–Crippen LogP) is 2.43. The molecule has 0 saturated carbocycles. The SMILES string of the molecule is CCCNCC(C)(O)COc1cc(C)ccc1C. The Hall–Kier alpha value is -1.06. The van der Waals surface area contributed by atoms with Gasteiger partial charge in [-0.2, -0.15) is 0 Å². The second-order valence-electron chi connectivity index (χ2n) is 5.23. The van der Waals surface area contributed by atoms with Crippen molar-refractivity contribution in [3.05, 3.63) is 29.3 Å². The van der Waals surface area contributed by atoms with Crippen molar-refractivity contribution in [2.45, 2.75) is 39.7 Å². The summed E-state index contributed by atoms with van der Waals surface area (Å²) in [6.45, 7) is 9.71. The van der Waals surface area contributed by atoms with Crippen LogP contribution >= 0.6 is 0 Å². The highest BCUT2D eigenvalue weighted by molar-refractivity contribution is 5.36. The molecule has 0 aliphatic heterocycles. The second kappa shape index (κ2) is 6.76. The first-order chi connectivity index (χ1) is 8.44. The summed E-state index contributed by atoms with van der Waals surface area (Å²) in [6.07, 6.45) is 1.06. The third-order valence-corrected chi connectivity index (χ3v) is 2.81. The normalized spacial score (nSPS) is 14.3. The first kappa shape index (κ1) is 15.0. The van der Waals surface area contributed by atoms with Gasteiger partial charge in [0.2, 0.25) is 0 Å². The lowest BCUT2D eigenvalue weighted by atomic mass is 10.1. The van der Waals surface area contributed by atoms with Crippen LogP contribution in [0.5, 0.6) is 5.75 Å². The molecule has 0 aliphatic rings. The van der Waals surface area contributed by atoms with Crippen LogP contribution in [0.4, 0.5) is 0 Å². The fourth-order valence-electron chi connectivity index (χ4n) is 1.68. The third kappa shape index (κ3) is 5.07. The Kier molecular flexibility index (Phi) is 5.63. The zero-order valence-corrected chi connectivity index (χ0v) is 11.9. The molecule has 1 unspecified atom stereocenters. The summed E-state index contributed by atoms with van der Waals surface area (Å²) in [5.74, 6) is 0.853. The van der Waals surface area contributed by atoms with Crippen molar-refractivity contribution in [2.75, 3.05) is 19.7 Å². The molecule has 0 radical (unpaired) electrons. The first-order valence-corrected chi connectivity index (χ1v) is 6.58. The zero-order chi connectivity index (χ0) is 13.6. The Morgan fingerprint density at radius 2 is 2.06 bits per heavy atom. The number of aliphatic hydroxyl groups is 1. The number of aryl methyl sites for hydroxylation is 2. The van der Waals surface area contributed by atoms with E-state index in [1.165, 1.54) is 5.56 Å². The molecule has 18 heavy (non-hydrogen) atoms. The van der Waals surface area contributed by atoms with Gasteiger partial charge in [-0.25, -0.2) is 0 Å². The lowest BCUT2D eigenvalue weighted by Gasteiger charge is -2.24. The van der Waals surface area contributed by atoms with Crippen molar-refractivity contribution in [1.29, 1.82) is 0 Å².